The monoisotopic (exact) mass is 410 g/mol. The van der Waals surface area contributed by atoms with Gasteiger partial charge in [-0.2, -0.15) is 5.10 Å². The third kappa shape index (κ3) is 4.49. The number of rotatable bonds is 6. The number of ether oxygens (including phenoxy) is 1. The molecule has 0 bridgehead atoms. The van der Waals surface area contributed by atoms with E-state index in [1.165, 1.54) is 0 Å². The van der Waals surface area contributed by atoms with E-state index >= 15 is 0 Å². The molecule has 0 aliphatic rings. The molecule has 4 nitrogen and oxygen atoms in total. The van der Waals surface area contributed by atoms with Crippen LogP contribution in [0.1, 0.15) is 27.0 Å². The first-order valence-electron chi connectivity index (χ1n) is 8.19. The molecule has 0 saturated carbocycles. The normalized spacial score (nSPS) is 11.0. The Balaban J connectivity index is 1.80. The molecule has 0 radical (unpaired) electrons. The summed E-state index contributed by atoms with van der Waals surface area (Å²) in [5.41, 5.74) is 3.75. The number of aryl methyl sites for hydroxylation is 1. The molecular formula is C21H19BrN2O2. The van der Waals surface area contributed by atoms with Gasteiger partial charge >= 0.3 is 0 Å². The fourth-order valence-corrected chi connectivity index (χ4v) is 2.94. The lowest BCUT2D eigenvalue weighted by Crippen LogP contribution is -2.02. The molecule has 0 amide bonds. The number of benzene rings is 2. The Hall–Kier alpha value is -2.66. The summed E-state index contributed by atoms with van der Waals surface area (Å²) in [6.45, 7) is 2.59. The lowest BCUT2D eigenvalue weighted by molar-refractivity contribution is 0.104. The number of methoxy groups -OCH3 is 1. The summed E-state index contributed by atoms with van der Waals surface area (Å²) in [7, 11) is 1.65. The molecule has 3 rings (SSSR count). The van der Waals surface area contributed by atoms with Gasteiger partial charge in [0.1, 0.15) is 5.75 Å². The van der Waals surface area contributed by atoms with Crippen LogP contribution in [-0.4, -0.2) is 22.7 Å². The van der Waals surface area contributed by atoms with Crippen LogP contribution in [0.25, 0.3) is 6.08 Å². The number of aromatic nitrogens is 2. The van der Waals surface area contributed by atoms with Crippen LogP contribution >= 0.6 is 15.9 Å². The molecule has 1 aromatic heterocycles. The molecule has 5 heteroatoms. The lowest BCUT2D eigenvalue weighted by Gasteiger charge is -2.09. The van der Waals surface area contributed by atoms with Crippen LogP contribution in [0.15, 0.2) is 65.4 Å². The fraction of sp³-hybridized carbons (Fsp3) is 0.143. The first-order chi connectivity index (χ1) is 12.5. The molecule has 0 fully saturated rings. The standard InChI is InChI=1S/C21H19BrN2O2/c1-15-3-7-17(8-4-15)20(25)9-5-16-6-10-21(26-2)18(11-16)13-24-14-19(22)12-23-24/h3-12,14H,13H2,1-2H3/b9-5+. The highest BCUT2D eigenvalue weighted by atomic mass is 79.9. The van der Waals surface area contributed by atoms with Crippen molar-refractivity contribution in [2.75, 3.05) is 7.11 Å². The molecule has 0 unspecified atom stereocenters. The highest BCUT2D eigenvalue weighted by Crippen LogP contribution is 2.22. The number of ketones is 1. The van der Waals surface area contributed by atoms with Gasteiger partial charge < -0.3 is 4.74 Å². The van der Waals surface area contributed by atoms with Gasteiger partial charge in [-0.05, 0) is 46.6 Å². The Labute approximate surface area is 161 Å². The van der Waals surface area contributed by atoms with E-state index < -0.39 is 0 Å². The van der Waals surface area contributed by atoms with Crippen LogP contribution in [0.5, 0.6) is 5.75 Å². The average molecular weight is 411 g/mol. The molecule has 2 aromatic carbocycles. The van der Waals surface area contributed by atoms with Gasteiger partial charge in [-0.1, -0.05) is 42.0 Å². The van der Waals surface area contributed by atoms with E-state index in [1.54, 1.807) is 19.4 Å². The zero-order chi connectivity index (χ0) is 18.5. The van der Waals surface area contributed by atoms with E-state index in [0.29, 0.717) is 12.1 Å². The van der Waals surface area contributed by atoms with Crippen molar-refractivity contribution in [1.82, 2.24) is 9.78 Å². The highest BCUT2D eigenvalue weighted by Gasteiger charge is 2.07. The third-order valence-corrected chi connectivity index (χ3v) is 4.41. The van der Waals surface area contributed by atoms with Crippen LogP contribution < -0.4 is 4.74 Å². The Morgan fingerprint density at radius 3 is 2.65 bits per heavy atom. The highest BCUT2D eigenvalue weighted by molar-refractivity contribution is 9.10. The van der Waals surface area contributed by atoms with Crippen molar-refractivity contribution in [1.29, 1.82) is 0 Å². The van der Waals surface area contributed by atoms with E-state index in [1.807, 2.05) is 66.3 Å². The van der Waals surface area contributed by atoms with Gasteiger partial charge in [-0.15, -0.1) is 0 Å². The number of nitrogens with zero attached hydrogens (tertiary/aromatic N) is 2. The van der Waals surface area contributed by atoms with Crippen LogP contribution in [0.3, 0.4) is 0 Å². The number of hydrogen-bond acceptors (Lipinski definition) is 3. The fourth-order valence-electron chi connectivity index (χ4n) is 2.61. The minimum atomic E-state index is -0.0154. The van der Waals surface area contributed by atoms with E-state index in [9.17, 15) is 4.79 Å². The first-order valence-corrected chi connectivity index (χ1v) is 8.98. The Morgan fingerprint density at radius 1 is 1.23 bits per heavy atom. The van der Waals surface area contributed by atoms with Crippen LogP contribution in [-0.2, 0) is 6.54 Å². The van der Waals surface area contributed by atoms with Crippen molar-refractivity contribution in [2.24, 2.45) is 0 Å². The first kappa shape index (κ1) is 18.1. The van der Waals surface area contributed by atoms with Gasteiger partial charge in [0.05, 0.1) is 24.3 Å². The molecule has 3 aromatic rings. The second-order valence-electron chi connectivity index (χ2n) is 5.99. The van der Waals surface area contributed by atoms with Crippen molar-refractivity contribution < 1.29 is 9.53 Å². The largest absolute Gasteiger partial charge is 0.496 e. The smallest absolute Gasteiger partial charge is 0.185 e. The van der Waals surface area contributed by atoms with Crippen LogP contribution in [0, 0.1) is 6.92 Å². The van der Waals surface area contributed by atoms with Crippen LogP contribution in [0.2, 0.25) is 0 Å². The van der Waals surface area contributed by atoms with Crippen molar-refractivity contribution in [3.8, 4) is 5.75 Å². The lowest BCUT2D eigenvalue weighted by atomic mass is 10.1. The zero-order valence-corrected chi connectivity index (χ0v) is 16.2. The zero-order valence-electron chi connectivity index (χ0n) is 14.6. The molecule has 132 valence electrons. The Kier molecular flexibility index (Phi) is 5.68. The summed E-state index contributed by atoms with van der Waals surface area (Å²) < 4.78 is 8.19. The summed E-state index contributed by atoms with van der Waals surface area (Å²) in [6, 6.07) is 13.4. The summed E-state index contributed by atoms with van der Waals surface area (Å²) in [5.74, 6) is 0.775. The Bertz CT molecular complexity index is 943. The maximum atomic E-state index is 12.3. The van der Waals surface area contributed by atoms with Gasteiger partial charge in [0.15, 0.2) is 5.78 Å². The molecule has 0 atom stereocenters. The maximum Gasteiger partial charge on any atom is 0.185 e. The predicted octanol–water partition coefficient (Wildman–Crippen LogP) is 4.91. The predicted molar refractivity (Wildman–Crippen MR) is 107 cm³/mol. The summed E-state index contributed by atoms with van der Waals surface area (Å²) in [4.78, 5) is 12.3. The van der Waals surface area contributed by atoms with Gasteiger partial charge in [-0.3, -0.25) is 9.48 Å². The van der Waals surface area contributed by atoms with Gasteiger partial charge in [-0.25, -0.2) is 0 Å². The second-order valence-corrected chi connectivity index (χ2v) is 6.91. The van der Waals surface area contributed by atoms with E-state index in [0.717, 1.165) is 26.9 Å². The minimum Gasteiger partial charge on any atom is -0.496 e. The Morgan fingerprint density at radius 2 is 2.00 bits per heavy atom. The van der Waals surface area contributed by atoms with Gasteiger partial charge in [0, 0.05) is 17.3 Å². The van der Waals surface area contributed by atoms with Crippen molar-refractivity contribution >= 4 is 27.8 Å². The van der Waals surface area contributed by atoms with Crippen molar-refractivity contribution in [2.45, 2.75) is 13.5 Å². The number of halogens is 1. The molecular weight excluding hydrogens is 392 g/mol. The second kappa shape index (κ2) is 8.15. The van der Waals surface area contributed by atoms with E-state index in [-0.39, 0.29) is 5.78 Å². The summed E-state index contributed by atoms with van der Waals surface area (Å²) >= 11 is 3.40. The number of hydrogen-bond donors (Lipinski definition) is 0. The van der Waals surface area contributed by atoms with E-state index in [4.69, 9.17) is 4.74 Å². The molecule has 0 aliphatic carbocycles. The SMILES string of the molecule is COc1ccc(/C=C/C(=O)c2ccc(C)cc2)cc1Cn1cc(Br)cn1. The minimum absolute atomic E-state index is 0.0154. The topological polar surface area (TPSA) is 44.1 Å². The molecule has 1 heterocycles. The summed E-state index contributed by atoms with van der Waals surface area (Å²) in [6.07, 6.45) is 7.07. The van der Waals surface area contributed by atoms with E-state index in [2.05, 4.69) is 21.0 Å². The number of carbonyl (C=O) groups is 1. The van der Waals surface area contributed by atoms with Gasteiger partial charge in [0.25, 0.3) is 0 Å². The molecule has 0 spiro atoms. The maximum absolute atomic E-state index is 12.3. The van der Waals surface area contributed by atoms with Gasteiger partial charge in [0.2, 0.25) is 0 Å². The molecule has 0 aliphatic heterocycles. The average Bonchev–Trinajstić information content (AvgIpc) is 3.05. The summed E-state index contributed by atoms with van der Waals surface area (Å²) in [5, 5.41) is 4.28. The van der Waals surface area contributed by atoms with Crippen LogP contribution in [0.4, 0.5) is 0 Å². The molecule has 0 saturated heterocycles. The third-order valence-electron chi connectivity index (χ3n) is 4.00. The van der Waals surface area contributed by atoms with Crippen molar-refractivity contribution in [3.63, 3.8) is 0 Å². The molecule has 26 heavy (non-hydrogen) atoms. The van der Waals surface area contributed by atoms with Crippen molar-refractivity contribution in [3.05, 3.63) is 87.7 Å². The quantitative estimate of drug-likeness (QED) is 0.428. The number of allylic oxidation sites excluding steroid dienone is 1. The number of carbonyl (C=O) groups excluding carboxylic acids is 1. The molecule has 0 N–H and O–H groups in total.